The lowest BCUT2D eigenvalue weighted by atomic mass is 9.95. The van der Waals surface area contributed by atoms with E-state index < -0.39 is 13.0 Å². The molecular formula is C16H16F2O2. The summed E-state index contributed by atoms with van der Waals surface area (Å²) in [5, 5.41) is 1.89. The van der Waals surface area contributed by atoms with Crippen LogP contribution < -0.4 is 0 Å². The molecule has 0 radical (unpaired) electrons. The first kappa shape index (κ1) is 14.6. The Balaban J connectivity index is 2.15. The maximum Gasteiger partial charge on any atom is 0.261 e. The van der Waals surface area contributed by atoms with Crippen molar-refractivity contribution < 1.29 is 18.3 Å². The molecule has 0 saturated carbocycles. The van der Waals surface area contributed by atoms with Crippen LogP contribution in [-0.2, 0) is 4.74 Å². The van der Waals surface area contributed by atoms with Gasteiger partial charge in [0.2, 0.25) is 0 Å². The number of aryl methyl sites for hydroxylation is 1. The number of hydrogen-bond donors (Lipinski definition) is 0. The van der Waals surface area contributed by atoms with Crippen molar-refractivity contribution in [1.82, 2.24) is 0 Å². The van der Waals surface area contributed by atoms with Gasteiger partial charge in [0, 0.05) is 12.0 Å². The zero-order valence-electron chi connectivity index (χ0n) is 11.2. The van der Waals surface area contributed by atoms with Crippen LogP contribution in [0.25, 0.3) is 10.8 Å². The highest BCUT2D eigenvalue weighted by Crippen LogP contribution is 2.23. The van der Waals surface area contributed by atoms with E-state index in [9.17, 15) is 13.6 Å². The van der Waals surface area contributed by atoms with Crippen molar-refractivity contribution in [2.24, 2.45) is 0 Å². The van der Waals surface area contributed by atoms with Gasteiger partial charge >= 0.3 is 0 Å². The second-order valence-electron chi connectivity index (χ2n) is 4.62. The molecule has 0 aromatic heterocycles. The van der Waals surface area contributed by atoms with Crippen LogP contribution in [0.5, 0.6) is 0 Å². The molecule has 0 heterocycles. The fourth-order valence-electron chi connectivity index (χ4n) is 2.21. The van der Waals surface area contributed by atoms with Crippen molar-refractivity contribution in [2.45, 2.75) is 19.8 Å². The fourth-order valence-corrected chi connectivity index (χ4v) is 2.21. The molecule has 0 bridgehead atoms. The SMILES string of the molecule is Cc1ccc2ccccc2c1C(=O)CCOCC(F)F. The van der Waals surface area contributed by atoms with Crippen LogP contribution in [0.4, 0.5) is 8.78 Å². The number of carbonyl (C=O) groups excluding carboxylic acids is 1. The molecule has 0 fully saturated rings. The van der Waals surface area contributed by atoms with Crippen LogP contribution >= 0.6 is 0 Å². The fraction of sp³-hybridized carbons (Fsp3) is 0.312. The van der Waals surface area contributed by atoms with Gasteiger partial charge in [0.1, 0.15) is 6.61 Å². The van der Waals surface area contributed by atoms with E-state index >= 15 is 0 Å². The summed E-state index contributed by atoms with van der Waals surface area (Å²) in [5.74, 6) is -0.0754. The van der Waals surface area contributed by atoms with Crippen molar-refractivity contribution in [3.63, 3.8) is 0 Å². The molecule has 0 unspecified atom stereocenters. The Kier molecular flexibility index (Phi) is 4.79. The molecule has 2 aromatic rings. The number of halogens is 2. The summed E-state index contributed by atoms with van der Waals surface area (Å²) < 4.78 is 28.7. The molecule has 20 heavy (non-hydrogen) atoms. The summed E-state index contributed by atoms with van der Waals surface area (Å²) in [6.07, 6.45) is -2.38. The molecule has 0 amide bonds. The predicted octanol–water partition coefficient (Wildman–Crippen LogP) is 4.00. The van der Waals surface area contributed by atoms with Gasteiger partial charge in [0.05, 0.1) is 6.61 Å². The van der Waals surface area contributed by atoms with Crippen molar-refractivity contribution in [3.8, 4) is 0 Å². The van der Waals surface area contributed by atoms with Gasteiger partial charge in [-0.25, -0.2) is 8.78 Å². The first-order chi connectivity index (χ1) is 9.59. The van der Waals surface area contributed by atoms with Gasteiger partial charge in [0.15, 0.2) is 5.78 Å². The monoisotopic (exact) mass is 278 g/mol. The lowest BCUT2D eigenvalue weighted by molar-refractivity contribution is 0.0170. The number of alkyl halides is 2. The van der Waals surface area contributed by atoms with Gasteiger partial charge in [-0.2, -0.15) is 0 Å². The van der Waals surface area contributed by atoms with Crippen molar-refractivity contribution in [2.75, 3.05) is 13.2 Å². The Hall–Kier alpha value is -1.81. The van der Waals surface area contributed by atoms with Crippen LogP contribution in [0.3, 0.4) is 0 Å². The quantitative estimate of drug-likeness (QED) is 0.589. The van der Waals surface area contributed by atoms with Gasteiger partial charge in [-0.3, -0.25) is 4.79 Å². The van der Waals surface area contributed by atoms with Gasteiger partial charge < -0.3 is 4.74 Å². The zero-order valence-corrected chi connectivity index (χ0v) is 11.2. The summed E-state index contributed by atoms with van der Waals surface area (Å²) in [6.45, 7) is 1.27. The molecular weight excluding hydrogens is 262 g/mol. The van der Waals surface area contributed by atoms with Crippen LogP contribution in [0.1, 0.15) is 22.3 Å². The van der Waals surface area contributed by atoms with E-state index in [4.69, 9.17) is 4.74 Å². The van der Waals surface area contributed by atoms with Gasteiger partial charge in [-0.05, 0) is 23.3 Å². The highest BCUT2D eigenvalue weighted by Gasteiger charge is 2.13. The van der Waals surface area contributed by atoms with Crippen molar-refractivity contribution in [1.29, 1.82) is 0 Å². The molecule has 0 aliphatic heterocycles. The zero-order chi connectivity index (χ0) is 14.5. The third-order valence-electron chi connectivity index (χ3n) is 3.13. The molecule has 2 nitrogen and oxygen atoms in total. The van der Waals surface area contributed by atoms with Crippen molar-refractivity contribution in [3.05, 3.63) is 47.5 Å². The number of Topliss-reactive ketones (excluding diaryl/α,β-unsaturated/α-hetero) is 1. The van der Waals surface area contributed by atoms with E-state index in [1.54, 1.807) is 0 Å². The van der Waals surface area contributed by atoms with Crippen LogP contribution in [-0.4, -0.2) is 25.4 Å². The first-order valence-corrected chi connectivity index (χ1v) is 6.47. The van der Waals surface area contributed by atoms with E-state index in [1.807, 2.05) is 43.3 Å². The molecule has 0 atom stereocenters. The van der Waals surface area contributed by atoms with E-state index in [-0.39, 0.29) is 18.8 Å². The lowest BCUT2D eigenvalue weighted by Gasteiger charge is -2.09. The number of ketones is 1. The van der Waals surface area contributed by atoms with Gasteiger partial charge in [-0.15, -0.1) is 0 Å². The lowest BCUT2D eigenvalue weighted by Crippen LogP contribution is -2.10. The second kappa shape index (κ2) is 6.57. The molecule has 0 spiro atoms. The largest absolute Gasteiger partial charge is 0.375 e. The average molecular weight is 278 g/mol. The number of rotatable bonds is 6. The predicted molar refractivity (Wildman–Crippen MR) is 74.5 cm³/mol. The Labute approximate surface area is 116 Å². The number of ether oxygens (including phenoxy) is 1. The highest BCUT2D eigenvalue weighted by atomic mass is 19.3. The van der Waals surface area contributed by atoms with Crippen molar-refractivity contribution >= 4 is 16.6 Å². The normalized spacial score (nSPS) is 11.2. The molecule has 4 heteroatoms. The van der Waals surface area contributed by atoms with Crippen LogP contribution in [0, 0.1) is 6.92 Å². The molecule has 0 saturated heterocycles. The number of benzene rings is 2. The summed E-state index contributed by atoms with van der Waals surface area (Å²) in [6, 6.07) is 11.5. The smallest absolute Gasteiger partial charge is 0.261 e. The topological polar surface area (TPSA) is 26.3 Å². The minimum absolute atomic E-state index is 0.0197. The Morgan fingerprint density at radius 3 is 2.70 bits per heavy atom. The maximum absolute atomic E-state index is 12.3. The molecule has 0 aliphatic rings. The molecule has 0 N–H and O–H groups in total. The average Bonchev–Trinajstić information content (AvgIpc) is 2.43. The van der Waals surface area contributed by atoms with E-state index in [0.29, 0.717) is 5.56 Å². The van der Waals surface area contributed by atoms with Crippen LogP contribution in [0.15, 0.2) is 36.4 Å². The highest BCUT2D eigenvalue weighted by molar-refractivity contribution is 6.09. The van der Waals surface area contributed by atoms with E-state index in [1.165, 1.54) is 0 Å². The summed E-state index contributed by atoms with van der Waals surface area (Å²) >= 11 is 0. The Bertz CT molecular complexity index is 608. The molecule has 2 rings (SSSR count). The third kappa shape index (κ3) is 3.39. The summed E-state index contributed by atoms with van der Waals surface area (Å²) in [5.41, 5.74) is 1.55. The molecule has 106 valence electrons. The maximum atomic E-state index is 12.3. The molecule has 2 aromatic carbocycles. The standard InChI is InChI=1S/C16H16F2O2/c1-11-6-7-12-4-2-3-5-13(12)16(11)14(19)8-9-20-10-15(17)18/h2-7,15H,8-10H2,1H3. The summed E-state index contributed by atoms with van der Waals surface area (Å²) in [4.78, 5) is 12.3. The summed E-state index contributed by atoms with van der Waals surface area (Å²) in [7, 11) is 0. The molecule has 0 aliphatic carbocycles. The number of hydrogen-bond acceptors (Lipinski definition) is 2. The minimum Gasteiger partial charge on any atom is -0.375 e. The van der Waals surface area contributed by atoms with Gasteiger partial charge in [0.25, 0.3) is 6.43 Å². The van der Waals surface area contributed by atoms with E-state index in [2.05, 4.69) is 0 Å². The third-order valence-corrected chi connectivity index (χ3v) is 3.13. The Morgan fingerprint density at radius 2 is 1.95 bits per heavy atom. The Morgan fingerprint density at radius 1 is 1.20 bits per heavy atom. The number of fused-ring (bicyclic) bond motifs is 1. The first-order valence-electron chi connectivity index (χ1n) is 6.47. The number of carbonyl (C=O) groups is 1. The minimum atomic E-state index is -2.50. The van der Waals surface area contributed by atoms with E-state index in [0.717, 1.165) is 16.3 Å². The van der Waals surface area contributed by atoms with Crippen LogP contribution in [0.2, 0.25) is 0 Å². The second-order valence-corrected chi connectivity index (χ2v) is 4.62. The van der Waals surface area contributed by atoms with Gasteiger partial charge in [-0.1, -0.05) is 36.4 Å².